The Morgan fingerprint density at radius 2 is 2.17 bits per heavy atom. The SMILES string of the molecule is CCCOC(=O)[C@@H]1[C@H]2C=C[C@@]3(CN(C4CCCCC4)C(=O)[C@@H]13)O2. The topological polar surface area (TPSA) is 55.8 Å². The molecule has 126 valence electrons. The summed E-state index contributed by atoms with van der Waals surface area (Å²) in [5, 5.41) is 0. The third-order valence-corrected chi connectivity index (χ3v) is 5.87. The van der Waals surface area contributed by atoms with Crippen molar-refractivity contribution in [1.82, 2.24) is 4.90 Å². The van der Waals surface area contributed by atoms with Crippen molar-refractivity contribution < 1.29 is 19.1 Å². The summed E-state index contributed by atoms with van der Waals surface area (Å²) < 4.78 is 11.5. The van der Waals surface area contributed by atoms with Gasteiger partial charge in [-0.3, -0.25) is 9.59 Å². The minimum absolute atomic E-state index is 0.0993. The van der Waals surface area contributed by atoms with Crippen LogP contribution in [0.15, 0.2) is 12.2 Å². The third kappa shape index (κ3) is 2.24. The van der Waals surface area contributed by atoms with E-state index >= 15 is 0 Å². The summed E-state index contributed by atoms with van der Waals surface area (Å²) in [6.07, 6.45) is 10.3. The van der Waals surface area contributed by atoms with Crippen LogP contribution in [0.4, 0.5) is 0 Å². The van der Waals surface area contributed by atoms with Gasteiger partial charge in [0.15, 0.2) is 0 Å². The van der Waals surface area contributed by atoms with Gasteiger partial charge in [0.1, 0.15) is 11.5 Å². The van der Waals surface area contributed by atoms with E-state index < -0.39 is 11.5 Å². The lowest BCUT2D eigenvalue weighted by atomic mass is 9.77. The number of likely N-dealkylation sites (tertiary alicyclic amines) is 1. The Balaban J connectivity index is 1.56. The molecule has 1 amide bonds. The first-order valence-corrected chi connectivity index (χ1v) is 9.00. The molecule has 1 spiro atoms. The molecule has 4 atom stereocenters. The van der Waals surface area contributed by atoms with Crippen LogP contribution in [-0.4, -0.2) is 47.7 Å². The number of amides is 1. The Morgan fingerprint density at radius 1 is 1.39 bits per heavy atom. The molecule has 1 saturated carbocycles. The van der Waals surface area contributed by atoms with E-state index in [4.69, 9.17) is 9.47 Å². The van der Waals surface area contributed by atoms with Crippen LogP contribution in [0.2, 0.25) is 0 Å². The average molecular weight is 319 g/mol. The molecule has 0 aromatic heterocycles. The normalized spacial score (nSPS) is 39.1. The first-order valence-electron chi connectivity index (χ1n) is 9.00. The molecule has 1 aliphatic carbocycles. The highest BCUT2D eigenvalue weighted by Crippen LogP contribution is 2.53. The molecule has 5 nitrogen and oxygen atoms in total. The fraction of sp³-hybridized carbons (Fsp3) is 0.778. The van der Waals surface area contributed by atoms with E-state index in [0.29, 0.717) is 19.2 Å². The molecule has 0 aromatic rings. The first kappa shape index (κ1) is 15.2. The lowest BCUT2D eigenvalue weighted by Crippen LogP contribution is -2.42. The monoisotopic (exact) mass is 319 g/mol. The summed E-state index contributed by atoms with van der Waals surface area (Å²) in [4.78, 5) is 27.5. The highest BCUT2D eigenvalue weighted by atomic mass is 16.6. The summed E-state index contributed by atoms with van der Waals surface area (Å²) in [5.74, 6) is -1.02. The van der Waals surface area contributed by atoms with Gasteiger partial charge in [-0.15, -0.1) is 0 Å². The molecular weight excluding hydrogens is 294 g/mol. The zero-order valence-electron chi connectivity index (χ0n) is 13.7. The molecule has 0 aromatic carbocycles. The van der Waals surface area contributed by atoms with Crippen LogP contribution in [-0.2, 0) is 19.1 Å². The summed E-state index contributed by atoms with van der Waals surface area (Å²) in [5.41, 5.74) is -0.588. The van der Waals surface area contributed by atoms with E-state index in [0.717, 1.165) is 19.3 Å². The van der Waals surface area contributed by atoms with Gasteiger partial charge in [-0.25, -0.2) is 0 Å². The van der Waals surface area contributed by atoms with E-state index in [-0.39, 0.29) is 23.9 Å². The molecule has 3 aliphatic heterocycles. The largest absolute Gasteiger partial charge is 0.465 e. The number of hydrogen-bond donors (Lipinski definition) is 0. The Bertz CT molecular complexity index is 539. The standard InChI is InChI=1S/C18H25NO4/c1-2-10-22-17(21)14-13-8-9-18(23-13)11-19(16(20)15(14)18)12-6-4-3-5-7-12/h8-9,12-15H,2-7,10-11H2,1H3/t13-,14-,15-,18+/m1/s1. The van der Waals surface area contributed by atoms with Crippen LogP contribution in [0.25, 0.3) is 0 Å². The van der Waals surface area contributed by atoms with E-state index in [9.17, 15) is 9.59 Å². The van der Waals surface area contributed by atoms with Crippen molar-refractivity contribution in [1.29, 1.82) is 0 Å². The van der Waals surface area contributed by atoms with Crippen molar-refractivity contribution in [3.05, 3.63) is 12.2 Å². The predicted molar refractivity (Wildman–Crippen MR) is 83.6 cm³/mol. The van der Waals surface area contributed by atoms with Gasteiger partial charge in [0, 0.05) is 6.04 Å². The highest BCUT2D eigenvalue weighted by Gasteiger charge is 2.67. The molecular formula is C18H25NO4. The molecule has 0 radical (unpaired) electrons. The van der Waals surface area contributed by atoms with Crippen molar-refractivity contribution >= 4 is 11.9 Å². The van der Waals surface area contributed by atoms with E-state index in [1.165, 1.54) is 19.3 Å². The highest BCUT2D eigenvalue weighted by molar-refractivity contribution is 5.91. The van der Waals surface area contributed by atoms with Crippen molar-refractivity contribution in [3.8, 4) is 0 Å². The second-order valence-electron chi connectivity index (χ2n) is 7.33. The van der Waals surface area contributed by atoms with Crippen molar-refractivity contribution in [3.63, 3.8) is 0 Å². The number of hydrogen-bond acceptors (Lipinski definition) is 4. The van der Waals surface area contributed by atoms with Crippen LogP contribution >= 0.6 is 0 Å². The fourth-order valence-electron chi connectivity index (χ4n) is 4.80. The number of carbonyl (C=O) groups excluding carboxylic acids is 2. The zero-order chi connectivity index (χ0) is 16.0. The number of carbonyl (C=O) groups is 2. The molecule has 4 rings (SSSR count). The van der Waals surface area contributed by atoms with Gasteiger partial charge in [0.2, 0.25) is 5.91 Å². The quantitative estimate of drug-likeness (QED) is 0.588. The molecule has 0 N–H and O–H groups in total. The Labute approximate surface area is 137 Å². The van der Waals surface area contributed by atoms with Gasteiger partial charge in [0.25, 0.3) is 0 Å². The second-order valence-corrected chi connectivity index (χ2v) is 7.33. The molecule has 2 bridgehead atoms. The average Bonchev–Trinajstić information content (AvgIpc) is 3.22. The van der Waals surface area contributed by atoms with Crippen LogP contribution in [0, 0.1) is 11.8 Å². The van der Waals surface area contributed by atoms with Gasteiger partial charge in [-0.2, -0.15) is 0 Å². The number of rotatable bonds is 4. The molecule has 3 fully saturated rings. The van der Waals surface area contributed by atoms with Gasteiger partial charge in [-0.05, 0) is 19.3 Å². The summed E-state index contributed by atoms with van der Waals surface area (Å²) >= 11 is 0. The third-order valence-electron chi connectivity index (χ3n) is 5.87. The maximum atomic E-state index is 13.1. The van der Waals surface area contributed by atoms with Crippen LogP contribution < -0.4 is 0 Å². The maximum absolute atomic E-state index is 13.1. The van der Waals surface area contributed by atoms with Gasteiger partial charge in [-0.1, -0.05) is 38.3 Å². The van der Waals surface area contributed by atoms with Gasteiger partial charge >= 0.3 is 5.97 Å². The van der Waals surface area contributed by atoms with Gasteiger partial charge < -0.3 is 14.4 Å². The zero-order valence-corrected chi connectivity index (χ0v) is 13.7. The predicted octanol–water partition coefficient (Wildman–Crippen LogP) is 2.05. The minimum atomic E-state index is -0.588. The number of nitrogens with zero attached hydrogens (tertiary/aromatic N) is 1. The molecule has 3 heterocycles. The number of fused-ring (bicyclic) bond motifs is 1. The Hall–Kier alpha value is -1.36. The molecule has 4 aliphatic rings. The van der Waals surface area contributed by atoms with Crippen molar-refractivity contribution in [2.45, 2.75) is 63.2 Å². The lowest BCUT2D eigenvalue weighted by molar-refractivity contribution is -0.154. The van der Waals surface area contributed by atoms with Crippen LogP contribution in [0.5, 0.6) is 0 Å². The minimum Gasteiger partial charge on any atom is -0.465 e. The molecule has 0 unspecified atom stereocenters. The summed E-state index contributed by atoms with van der Waals surface area (Å²) in [6.45, 7) is 2.98. The van der Waals surface area contributed by atoms with Crippen molar-refractivity contribution in [2.24, 2.45) is 11.8 Å². The summed E-state index contributed by atoms with van der Waals surface area (Å²) in [7, 11) is 0. The van der Waals surface area contributed by atoms with E-state index in [1.54, 1.807) is 0 Å². The Kier molecular flexibility index (Phi) is 3.71. The lowest BCUT2D eigenvalue weighted by Gasteiger charge is -2.32. The fourth-order valence-corrected chi connectivity index (χ4v) is 4.80. The smallest absolute Gasteiger partial charge is 0.312 e. The molecule has 23 heavy (non-hydrogen) atoms. The van der Waals surface area contributed by atoms with Crippen molar-refractivity contribution in [2.75, 3.05) is 13.2 Å². The molecule has 5 heteroatoms. The second kappa shape index (κ2) is 5.62. The van der Waals surface area contributed by atoms with Gasteiger partial charge in [0.05, 0.1) is 25.2 Å². The van der Waals surface area contributed by atoms with Crippen LogP contribution in [0.1, 0.15) is 45.4 Å². The Morgan fingerprint density at radius 3 is 2.91 bits per heavy atom. The maximum Gasteiger partial charge on any atom is 0.312 e. The molecule has 2 saturated heterocycles. The number of ether oxygens (including phenoxy) is 2. The first-order chi connectivity index (χ1) is 11.2. The number of esters is 1. The van der Waals surface area contributed by atoms with E-state index in [2.05, 4.69) is 0 Å². The summed E-state index contributed by atoms with van der Waals surface area (Å²) in [6, 6.07) is 0.319. The van der Waals surface area contributed by atoms with Crippen LogP contribution in [0.3, 0.4) is 0 Å². The van der Waals surface area contributed by atoms with E-state index in [1.807, 2.05) is 24.0 Å².